The van der Waals surface area contributed by atoms with Crippen molar-refractivity contribution in [1.29, 1.82) is 0 Å². The summed E-state index contributed by atoms with van der Waals surface area (Å²) >= 11 is 0. The highest BCUT2D eigenvalue weighted by Crippen LogP contribution is 2.13. The van der Waals surface area contributed by atoms with Crippen LogP contribution in [0.2, 0.25) is 0 Å². The minimum atomic E-state index is -0.956. The van der Waals surface area contributed by atoms with Crippen LogP contribution in [0.3, 0.4) is 0 Å². The van der Waals surface area contributed by atoms with Crippen molar-refractivity contribution >= 4 is 12.1 Å². The van der Waals surface area contributed by atoms with Crippen molar-refractivity contribution in [1.82, 2.24) is 15.1 Å². The molecular formula is C13H21N3O4. The van der Waals surface area contributed by atoms with Gasteiger partial charge < -0.3 is 15.2 Å². The van der Waals surface area contributed by atoms with Crippen molar-refractivity contribution in [2.45, 2.75) is 53.3 Å². The largest absolute Gasteiger partial charge is 0.480 e. The minimum absolute atomic E-state index is 0.195. The molecule has 0 aliphatic heterocycles. The molecule has 1 heterocycles. The molecule has 0 atom stereocenters. The lowest BCUT2D eigenvalue weighted by molar-refractivity contribution is -0.137. The predicted octanol–water partition coefficient (Wildman–Crippen LogP) is 1.61. The molecule has 112 valence electrons. The van der Waals surface area contributed by atoms with E-state index in [2.05, 4.69) is 10.4 Å². The molecule has 1 aromatic rings. The fourth-order valence-corrected chi connectivity index (χ4v) is 1.75. The third-order valence-electron chi connectivity index (χ3n) is 2.62. The van der Waals surface area contributed by atoms with E-state index in [1.807, 2.05) is 0 Å². The third kappa shape index (κ3) is 4.56. The molecule has 1 rings (SSSR count). The topological polar surface area (TPSA) is 93.5 Å². The Morgan fingerprint density at radius 2 is 1.95 bits per heavy atom. The zero-order chi connectivity index (χ0) is 15.5. The highest BCUT2D eigenvalue weighted by molar-refractivity contribution is 5.68. The van der Waals surface area contributed by atoms with Gasteiger partial charge in [0.2, 0.25) is 0 Å². The third-order valence-corrected chi connectivity index (χ3v) is 2.62. The Morgan fingerprint density at radius 3 is 2.45 bits per heavy atom. The van der Waals surface area contributed by atoms with Crippen molar-refractivity contribution in [3.05, 3.63) is 17.0 Å². The van der Waals surface area contributed by atoms with E-state index >= 15 is 0 Å². The quantitative estimate of drug-likeness (QED) is 0.875. The Labute approximate surface area is 117 Å². The van der Waals surface area contributed by atoms with Gasteiger partial charge in [0, 0.05) is 17.8 Å². The number of hydrogen-bond acceptors (Lipinski definition) is 4. The summed E-state index contributed by atoms with van der Waals surface area (Å²) in [7, 11) is 0. The summed E-state index contributed by atoms with van der Waals surface area (Å²) < 4.78 is 6.55. The molecule has 20 heavy (non-hydrogen) atoms. The number of alkyl carbamates (subject to hydrolysis) is 1. The molecule has 0 aromatic carbocycles. The van der Waals surface area contributed by atoms with Crippen LogP contribution in [0.4, 0.5) is 4.79 Å². The molecule has 0 bridgehead atoms. The number of rotatable bonds is 4. The van der Waals surface area contributed by atoms with E-state index in [0.29, 0.717) is 5.69 Å². The molecule has 7 heteroatoms. The van der Waals surface area contributed by atoms with E-state index in [9.17, 15) is 9.59 Å². The number of carboxylic acid groups (broad SMARTS) is 1. The Balaban J connectivity index is 2.71. The average Bonchev–Trinajstić information content (AvgIpc) is 2.48. The van der Waals surface area contributed by atoms with Gasteiger partial charge in [0.15, 0.2) is 0 Å². The molecular weight excluding hydrogens is 262 g/mol. The zero-order valence-corrected chi connectivity index (χ0v) is 12.5. The number of aryl methyl sites for hydroxylation is 1. The fraction of sp³-hybridized carbons (Fsp3) is 0.615. The second-order valence-corrected chi connectivity index (χ2v) is 5.56. The Bertz CT molecular complexity index is 514. The number of carbonyl (C=O) groups excluding carboxylic acids is 1. The van der Waals surface area contributed by atoms with E-state index in [1.165, 1.54) is 4.68 Å². The summed E-state index contributed by atoms with van der Waals surface area (Å²) in [6, 6.07) is 0. The first-order chi connectivity index (χ1) is 9.10. The standard InChI is InChI=1S/C13H21N3O4/c1-8-10(6-14-12(19)20-13(3,4)5)9(2)16(15-8)7-11(17)18/h6-7H2,1-5H3,(H,14,19)(H,17,18). The van der Waals surface area contributed by atoms with Crippen LogP contribution >= 0.6 is 0 Å². The first-order valence-corrected chi connectivity index (χ1v) is 6.31. The molecule has 0 unspecified atom stereocenters. The molecule has 0 saturated carbocycles. The van der Waals surface area contributed by atoms with Gasteiger partial charge in [0.25, 0.3) is 0 Å². The van der Waals surface area contributed by atoms with Gasteiger partial charge >= 0.3 is 12.1 Å². The van der Waals surface area contributed by atoms with Crippen LogP contribution < -0.4 is 5.32 Å². The molecule has 1 amide bonds. The van der Waals surface area contributed by atoms with Gasteiger partial charge in [-0.2, -0.15) is 5.10 Å². The van der Waals surface area contributed by atoms with Crippen molar-refractivity contribution in [2.75, 3.05) is 0 Å². The number of aliphatic carboxylic acids is 1. The van der Waals surface area contributed by atoms with Gasteiger partial charge in [-0.25, -0.2) is 4.79 Å². The predicted molar refractivity (Wildman–Crippen MR) is 72.4 cm³/mol. The molecule has 2 N–H and O–H groups in total. The monoisotopic (exact) mass is 283 g/mol. The van der Waals surface area contributed by atoms with Gasteiger partial charge in [0.1, 0.15) is 12.1 Å². The lowest BCUT2D eigenvalue weighted by Crippen LogP contribution is -2.32. The van der Waals surface area contributed by atoms with Crippen LogP contribution in [0.15, 0.2) is 0 Å². The lowest BCUT2D eigenvalue weighted by Gasteiger charge is -2.19. The first-order valence-electron chi connectivity index (χ1n) is 6.31. The Kier molecular flexibility index (Phi) is 4.75. The molecule has 0 spiro atoms. The van der Waals surface area contributed by atoms with Gasteiger partial charge in [-0.1, -0.05) is 0 Å². The van der Waals surface area contributed by atoms with Crippen molar-refractivity contribution < 1.29 is 19.4 Å². The van der Waals surface area contributed by atoms with Crippen molar-refractivity contribution in [2.24, 2.45) is 0 Å². The smallest absolute Gasteiger partial charge is 0.407 e. The highest BCUT2D eigenvalue weighted by atomic mass is 16.6. The maximum Gasteiger partial charge on any atom is 0.407 e. The van der Waals surface area contributed by atoms with Crippen LogP contribution in [0.1, 0.15) is 37.7 Å². The summed E-state index contributed by atoms with van der Waals surface area (Å²) in [6.07, 6.45) is -0.512. The molecule has 0 aliphatic carbocycles. The van der Waals surface area contributed by atoms with Crippen molar-refractivity contribution in [3.63, 3.8) is 0 Å². The molecule has 0 aliphatic rings. The van der Waals surface area contributed by atoms with Crippen LogP contribution in [0.5, 0.6) is 0 Å². The number of nitrogens with one attached hydrogen (secondary N) is 1. The SMILES string of the molecule is Cc1nn(CC(=O)O)c(C)c1CNC(=O)OC(C)(C)C. The van der Waals surface area contributed by atoms with Crippen LogP contribution in [-0.4, -0.2) is 32.6 Å². The van der Waals surface area contributed by atoms with Gasteiger partial charge in [-0.15, -0.1) is 0 Å². The van der Waals surface area contributed by atoms with E-state index in [-0.39, 0.29) is 13.1 Å². The number of aromatic nitrogens is 2. The maximum atomic E-state index is 11.6. The summed E-state index contributed by atoms with van der Waals surface area (Å²) in [5, 5.41) is 15.6. The zero-order valence-electron chi connectivity index (χ0n) is 12.5. The summed E-state index contributed by atoms with van der Waals surface area (Å²) in [4.78, 5) is 22.3. The van der Waals surface area contributed by atoms with Gasteiger partial charge in [0.05, 0.1) is 5.69 Å². The fourth-order valence-electron chi connectivity index (χ4n) is 1.75. The van der Waals surface area contributed by atoms with Gasteiger partial charge in [-0.05, 0) is 34.6 Å². The molecule has 1 aromatic heterocycles. The maximum absolute atomic E-state index is 11.6. The van der Waals surface area contributed by atoms with Gasteiger partial charge in [-0.3, -0.25) is 9.48 Å². The number of carbonyl (C=O) groups is 2. The number of hydrogen-bond donors (Lipinski definition) is 2. The molecule has 0 radical (unpaired) electrons. The van der Waals surface area contributed by atoms with E-state index in [4.69, 9.17) is 9.84 Å². The number of ether oxygens (including phenoxy) is 1. The second kappa shape index (κ2) is 5.94. The average molecular weight is 283 g/mol. The minimum Gasteiger partial charge on any atom is -0.480 e. The molecule has 0 saturated heterocycles. The van der Waals surface area contributed by atoms with Crippen molar-refractivity contribution in [3.8, 4) is 0 Å². The lowest BCUT2D eigenvalue weighted by atomic mass is 10.2. The highest BCUT2D eigenvalue weighted by Gasteiger charge is 2.18. The molecule has 0 fully saturated rings. The van der Waals surface area contributed by atoms with E-state index in [0.717, 1.165) is 11.3 Å². The van der Waals surface area contributed by atoms with E-state index in [1.54, 1.807) is 34.6 Å². The Hall–Kier alpha value is -2.05. The number of nitrogens with zero attached hydrogens (tertiary/aromatic N) is 2. The Morgan fingerprint density at radius 1 is 1.35 bits per heavy atom. The summed E-state index contributed by atoms with van der Waals surface area (Å²) in [6.45, 7) is 8.97. The second-order valence-electron chi connectivity index (χ2n) is 5.56. The number of carboxylic acids is 1. The summed E-state index contributed by atoms with van der Waals surface area (Å²) in [5.41, 5.74) is 1.67. The first kappa shape index (κ1) is 16.0. The molecule has 7 nitrogen and oxygen atoms in total. The summed E-state index contributed by atoms with van der Waals surface area (Å²) in [5.74, 6) is -0.956. The number of amides is 1. The van der Waals surface area contributed by atoms with E-state index < -0.39 is 17.7 Å². The van der Waals surface area contributed by atoms with Crippen LogP contribution in [0, 0.1) is 13.8 Å². The van der Waals surface area contributed by atoms with Crippen LogP contribution in [-0.2, 0) is 22.6 Å². The normalized spacial score (nSPS) is 11.2. The van der Waals surface area contributed by atoms with Crippen LogP contribution in [0.25, 0.3) is 0 Å².